The van der Waals surface area contributed by atoms with Crippen molar-refractivity contribution < 1.29 is 13.2 Å². The molecule has 0 rings (SSSR count). The van der Waals surface area contributed by atoms with Crippen molar-refractivity contribution in [2.75, 3.05) is 6.54 Å². The van der Waals surface area contributed by atoms with Crippen molar-refractivity contribution in [2.24, 2.45) is 0 Å². The lowest BCUT2D eigenvalue weighted by atomic mass is 10.3. The summed E-state index contributed by atoms with van der Waals surface area (Å²) in [6, 6.07) is 0. The van der Waals surface area contributed by atoms with E-state index in [-0.39, 0.29) is 4.91 Å². The number of nitrogens with one attached hydrogen (secondary N) is 1. The number of carbonyl (C=O) groups excluding carboxylic acids is 1. The highest BCUT2D eigenvalue weighted by Gasteiger charge is 2.28. The van der Waals surface area contributed by atoms with Gasteiger partial charge < -0.3 is 5.32 Å². The second-order valence-corrected chi connectivity index (χ2v) is 7.99. The minimum Gasteiger partial charge on any atom is -0.325 e. The molecule has 33 heavy (non-hydrogen) atoms. The van der Waals surface area contributed by atoms with Crippen molar-refractivity contribution in [3.8, 4) is 0 Å². The largest absolute Gasteiger partial charge is 0.325 e. The quantitative estimate of drug-likeness (QED) is 0.312. The average Bonchev–Trinajstić information content (AvgIpc) is 2.81. The summed E-state index contributed by atoms with van der Waals surface area (Å²) in [5.41, 5.74) is 0.829. The van der Waals surface area contributed by atoms with Crippen LogP contribution < -0.4 is 5.32 Å². The number of carbonyl (C=O) groups is 1. The Bertz CT molecular complexity index is 928. The van der Waals surface area contributed by atoms with Crippen molar-refractivity contribution in [2.45, 2.75) is 48.0 Å². The van der Waals surface area contributed by atoms with E-state index < -0.39 is 22.5 Å². The van der Waals surface area contributed by atoms with Crippen LogP contribution in [0.25, 0.3) is 0 Å². The first-order valence-corrected chi connectivity index (χ1v) is 12.5. The van der Waals surface area contributed by atoms with Gasteiger partial charge in [-0.3, -0.25) is 9.10 Å². The fourth-order valence-corrected chi connectivity index (χ4v) is 3.86. The maximum Gasteiger partial charge on any atom is 0.264 e. The van der Waals surface area contributed by atoms with E-state index >= 15 is 0 Å². The molecule has 5 nitrogen and oxygen atoms in total. The molecule has 0 saturated heterocycles. The lowest BCUT2D eigenvalue weighted by molar-refractivity contribution is -0.120. The molecule has 0 spiro atoms. The Labute approximate surface area is 201 Å². The summed E-state index contributed by atoms with van der Waals surface area (Å²) >= 11 is 0. The van der Waals surface area contributed by atoms with Gasteiger partial charge in [-0.25, -0.2) is 8.42 Å². The standard InChI is InChI=1S/C25H34N2O3S.C2H6/c1-7-13-16-18-22(11-5)26-25(28)21-27(23(12-6)19-14-8-2)31(29,30)24(17-10-4)20-15-9-3;1-2/h8-20H,2,5,7,21H2,1,3-4,6H3,(H,26,28);1-2H3/b15-9-,16-13-,17-10-,19-14-,22-18+,23-12+,24-20+;. The van der Waals surface area contributed by atoms with E-state index in [0.717, 1.165) is 10.7 Å². The molecule has 0 aliphatic heterocycles. The van der Waals surface area contributed by atoms with Crippen LogP contribution in [-0.4, -0.2) is 25.2 Å². The molecule has 0 aromatic carbocycles. The third-order valence-electron chi connectivity index (χ3n) is 3.80. The third kappa shape index (κ3) is 12.5. The van der Waals surface area contributed by atoms with E-state index in [9.17, 15) is 13.2 Å². The van der Waals surface area contributed by atoms with Crippen LogP contribution in [-0.2, 0) is 14.8 Å². The fraction of sp³-hybridized carbons (Fsp3) is 0.296. The number of rotatable bonds is 13. The molecule has 0 heterocycles. The molecule has 0 saturated carbocycles. The summed E-state index contributed by atoms with van der Waals surface area (Å²) in [6.07, 6.45) is 22.2. The summed E-state index contributed by atoms with van der Waals surface area (Å²) in [5.74, 6) is -0.489. The zero-order valence-electron chi connectivity index (χ0n) is 20.9. The van der Waals surface area contributed by atoms with Crippen molar-refractivity contribution in [3.05, 3.63) is 108 Å². The Kier molecular flexibility index (Phi) is 19.0. The predicted molar refractivity (Wildman–Crippen MR) is 144 cm³/mol. The number of sulfonamides is 1. The molecule has 0 unspecified atom stereocenters. The second kappa shape index (κ2) is 19.6. The van der Waals surface area contributed by atoms with Crippen LogP contribution >= 0.6 is 0 Å². The SMILES string of the molecule is C=C/C=C\C(=C/C)N(CC(=O)N/C(C=C)=C/C=C\CC)S(=O)(=O)C(/C=C\C)=C/C=C\C.CC. The van der Waals surface area contributed by atoms with Gasteiger partial charge in [-0.1, -0.05) is 82.5 Å². The fourth-order valence-electron chi connectivity index (χ4n) is 2.31. The van der Waals surface area contributed by atoms with Crippen molar-refractivity contribution in [1.82, 2.24) is 9.62 Å². The van der Waals surface area contributed by atoms with Crippen molar-refractivity contribution in [3.63, 3.8) is 0 Å². The molecular weight excluding hydrogens is 432 g/mol. The van der Waals surface area contributed by atoms with Crippen molar-refractivity contribution in [1.29, 1.82) is 0 Å². The molecule has 0 aromatic heterocycles. The van der Waals surface area contributed by atoms with Crippen LogP contribution in [0, 0.1) is 0 Å². The number of amides is 1. The minimum absolute atomic E-state index is 0.0672. The van der Waals surface area contributed by atoms with Crippen LogP contribution in [0.1, 0.15) is 48.0 Å². The summed E-state index contributed by atoms with van der Waals surface area (Å²) < 4.78 is 27.9. The lowest BCUT2D eigenvalue weighted by Crippen LogP contribution is -2.39. The minimum atomic E-state index is -4.02. The maximum absolute atomic E-state index is 13.4. The van der Waals surface area contributed by atoms with E-state index in [2.05, 4.69) is 18.5 Å². The van der Waals surface area contributed by atoms with E-state index in [0.29, 0.717) is 11.4 Å². The van der Waals surface area contributed by atoms with Crippen molar-refractivity contribution >= 4 is 15.9 Å². The topological polar surface area (TPSA) is 66.5 Å². The van der Waals surface area contributed by atoms with Gasteiger partial charge in [0.15, 0.2) is 0 Å². The van der Waals surface area contributed by atoms with Gasteiger partial charge in [-0.2, -0.15) is 0 Å². The third-order valence-corrected chi connectivity index (χ3v) is 5.59. The van der Waals surface area contributed by atoms with Crippen LogP contribution in [0.5, 0.6) is 0 Å². The number of hydrogen-bond acceptors (Lipinski definition) is 3. The molecule has 0 aliphatic rings. The van der Waals surface area contributed by atoms with Crippen LogP contribution in [0.4, 0.5) is 0 Å². The van der Waals surface area contributed by atoms with E-state index in [4.69, 9.17) is 0 Å². The van der Waals surface area contributed by atoms with Gasteiger partial charge in [0.1, 0.15) is 6.54 Å². The van der Waals surface area contributed by atoms with E-state index in [1.54, 1.807) is 69.4 Å². The van der Waals surface area contributed by atoms with Gasteiger partial charge >= 0.3 is 0 Å². The molecule has 0 bridgehead atoms. The Morgan fingerprint density at radius 1 is 0.970 bits per heavy atom. The monoisotopic (exact) mass is 472 g/mol. The molecule has 1 amide bonds. The van der Waals surface area contributed by atoms with Gasteiger partial charge in [0.05, 0.1) is 4.91 Å². The van der Waals surface area contributed by atoms with Crippen LogP contribution in [0.15, 0.2) is 108 Å². The number of hydrogen-bond donors (Lipinski definition) is 1. The highest BCUT2D eigenvalue weighted by Crippen LogP contribution is 2.21. The first-order valence-electron chi connectivity index (χ1n) is 11.0. The summed E-state index contributed by atoms with van der Waals surface area (Å²) in [5, 5.41) is 2.70. The molecular formula is C27H40N2O3S. The Morgan fingerprint density at radius 2 is 1.64 bits per heavy atom. The highest BCUT2D eigenvalue weighted by molar-refractivity contribution is 7.93. The molecule has 6 heteroatoms. The maximum atomic E-state index is 13.4. The Hall–Kier alpha value is -3.12. The Morgan fingerprint density at radius 3 is 2.12 bits per heavy atom. The second-order valence-electron chi connectivity index (χ2n) is 6.13. The first kappa shape index (κ1) is 32.1. The zero-order chi connectivity index (χ0) is 25.7. The molecule has 1 N–H and O–H groups in total. The van der Waals surface area contributed by atoms with Gasteiger partial charge in [-0.15, -0.1) is 0 Å². The van der Waals surface area contributed by atoms with Gasteiger partial charge in [-0.05, 0) is 57.6 Å². The molecule has 182 valence electrons. The molecule has 0 fully saturated rings. The smallest absolute Gasteiger partial charge is 0.264 e. The molecule has 0 radical (unpaired) electrons. The van der Waals surface area contributed by atoms with Gasteiger partial charge in [0.25, 0.3) is 10.0 Å². The van der Waals surface area contributed by atoms with Crippen LogP contribution in [0.3, 0.4) is 0 Å². The number of allylic oxidation sites excluding steroid dienone is 13. The number of nitrogens with zero attached hydrogens (tertiary/aromatic N) is 1. The molecule has 0 aromatic rings. The normalized spacial score (nSPS) is 13.5. The zero-order valence-corrected chi connectivity index (χ0v) is 21.7. The lowest BCUT2D eigenvalue weighted by Gasteiger charge is -2.25. The first-order chi connectivity index (χ1) is 15.8. The summed E-state index contributed by atoms with van der Waals surface area (Å²) in [7, 11) is -4.02. The summed E-state index contributed by atoms with van der Waals surface area (Å²) in [4.78, 5) is 12.8. The molecule has 0 aliphatic carbocycles. The van der Waals surface area contributed by atoms with Crippen LogP contribution in [0.2, 0.25) is 0 Å². The summed E-state index contributed by atoms with van der Waals surface area (Å²) in [6.45, 7) is 18.1. The van der Waals surface area contributed by atoms with E-state index in [1.165, 1.54) is 24.3 Å². The predicted octanol–water partition coefficient (Wildman–Crippen LogP) is 6.48. The highest BCUT2D eigenvalue weighted by atomic mass is 32.2. The Balaban J connectivity index is 0. The van der Waals surface area contributed by atoms with E-state index in [1.807, 2.05) is 26.8 Å². The molecule has 0 atom stereocenters. The average molecular weight is 473 g/mol. The van der Waals surface area contributed by atoms with Gasteiger partial charge in [0.2, 0.25) is 5.91 Å². The van der Waals surface area contributed by atoms with Gasteiger partial charge in [0, 0.05) is 11.4 Å².